The Labute approximate surface area is 378 Å². The molecule has 0 aliphatic rings. The van der Waals surface area contributed by atoms with E-state index in [-0.39, 0.29) is 0 Å². The van der Waals surface area contributed by atoms with Crippen LogP contribution in [-0.2, 0) is 0 Å². The first-order chi connectivity index (χ1) is 32.2. The van der Waals surface area contributed by atoms with Crippen molar-refractivity contribution < 1.29 is 0 Å². The van der Waals surface area contributed by atoms with E-state index in [1.807, 2.05) is 0 Å². The highest BCUT2D eigenvalue weighted by Gasteiger charge is 2.19. The molecular weight excluding hydrogens is 787 g/mol. The Kier molecular flexibility index (Phi) is 9.50. The molecule has 12 aromatic rings. The Hall–Kier alpha value is -8.66. The van der Waals surface area contributed by atoms with Crippen LogP contribution in [-0.4, -0.2) is 4.57 Å². The number of aromatic nitrogens is 1. The van der Waals surface area contributed by atoms with Gasteiger partial charge in [0.2, 0.25) is 0 Å². The summed E-state index contributed by atoms with van der Waals surface area (Å²) in [5, 5.41) is 7.51. The first kappa shape index (κ1) is 38.0. The average Bonchev–Trinajstić information content (AvgIpc) is 3.70. The maximum absolute atomic E-state index is 2.40. The number of fused-ring (bicyclic) bond motifs is 6. The first-order valence-corrected chi connectivity index (χ1v) is 22.3. The predicted molar refractivity (Wildman–Crippen MR) is 276 cm³/mol. The van der Waals surface area contributed by atoms with Crippen molar-refractivity contribution >= 4 is 77.5 Å². The lowest BCUT2D eigenvalue weighted by Crippen LogP contribution is -2.13. The van der Waals surface area contributed by atoms with Gasteiger partial charge in [-0.15, -0.1) is 0 Å². The van der Waals surface area contributed by atoms with E-state index in [2.05, 4.69) is 275 Å². The normalized spacial score (nSPS) is 11.4. The molecule has 0 spiro atoms. The minimum Gasteiger partial charge on any atom is -0.310 e. The second-order valence-corrected chi connectivity index (χ2v) is 16.6. The number of anilines is 6. The molecule has 3 nitrogen and oxygen atoms in total. The van der Waals surface area contributed by atoms with Crippen LogP contribution in [0.3, 0.4) is 0 Å². The van der Waals surface area contributed by atoms with E-state index in [1.54, 1.807) is 0 Å². The van der Waals surface area contributed by atoms with Crippen molar-refractivity contribution in [3.05, 3.63) is 261 Å². The van der Waals surface area contributed by atoms with Gasteiger partial charge in [0.1, 0.15) is 0 Å². The monoisotopic (exact) mass is 829 g/mol. The molecule has 0 bridgehead atoms. The van der Waals surface area contributed by atoms with Crippen molar-refractivity contribution in [2.75, 3.05) is 9.80 Å². The van der Waals surface area contributed by atoms with Gasteiger partial charge < -0.3 is 14.4 Å². The summed E-state index contributed by atoms with van der Waals surface area (Å²) >= 11 is 0. The third kappa shape index (κ3) is 6.97. The molecule has 0 saturated heterocycles. The molecule has 0 amide bonds. The van der Waals surface area contributed by atoms with Crippen LogP contribution < -0.4 is 9.80 Å². The minimum atomic E-state index is 1.07. The first-order valence-electron chi connectivity index (χ1n) is 22.3. The van der Waals surface area contributed by atoms with Gasteiger partial charge in [0.05, 0.1) is 11.0 Å². The molecule has 0 unspecified atom stereocenters. The molecule has 1 heterocycles. The van der Waals surface area contributed by atoms with Crippen LogP contribution in [0.4, 0.5) is 34.1 Å². The average molecular weight is 830 g/mol. The Bertz CT molecular complexity index is 3580. The van der Waals surface area contributed by atoms with Crippen LogP contribution in [0.5, 0.6) is 0 Å². The van der Waals surface area contributed by atoms with E-state index in [0.717, 1.165) is 34.1 Å². The Morgan fingerprint density at radius 3 is 1.31 bits per heavy atom. The summed E-state index contributed by atoms with van der Waals surface area (Å²) in [5.74, 6) is 0. The summed E-state index contributed by atoms with van der Waals surface area (Å²) in [6.07, 6.45) is 0. The molecule has 0 fully saturated rings. The zero-order chi connectivity index (χ0) is 43.1. The van der Waals surface area contributed by atoms with E-state index in [9.17, 15) is 0 Å². The smallest absolute Gasteiger partial charge is 0.0547 e. The van der Waals surface area contributed by atoms with Gasteiger partial charge in [-0.2, -0.15) is 0 Å². The summed E-state index contributed by atoms with van der Waals surface area (Å²) in [6.45, 7) is 0. The van der Waals surface area contributed by atoms with Crippen LogP contribution in [0.2, 0.25) is 0 Å². The summed E-state index contributed by atoms with van der Waals surface area (Å²) in [4.78, 5) is 4.68. The zero-order valence-electron chi connectivity index (χ0n) is 35.7. The molecule has 306 valence electrons. The Balaban J connectivity index is 0.937. The van der Waals surface area contributed by atoms with Gasteiger partial charge in [0, 0.05) is 50.6 Å². The van der Waals surface area contributed by atoms with Crippen LogP contribution >= 0.6 is 0 Å². The van der Waals surface area contributed by atoms with Crippen molar-refractivity contribution in [1.82, 2.24) is 4.57 Å². The van der Waals surface area contributed by atoms with Gasteiger partial charge in [0.25, 0.3) is 0 Å². The number of para-hydroxylation sites is 4. The van der Waals surface area contributed by atoms with Crippen molar-refractivity contribution in [2.24, 2.45) is 0 Å². The number of nitrogens with zero attached hydrogens (tertiary/aromatic N) is 3. The molecule has 0 atom stereocenters. The fourth-order valence-electron chi connectivity index (χ4n) is 9.62. The lowest BCUT2D eigenvalue weighted by molar-refractivity contribution is 1.18. The number of hydrogen-bond acceptors (Lipinski definition) is 2. The summed E-state index contributed by atoms with van der Waals surface area (Å²) in [6, 6.07) is 94.2. The molecular formula is C62H43N3. The third-order valence-corrected chi connectivity index (χ3v) is 12.7. The molecule has 1 aromatic heterocycles. The van der Waals surface area contributed by atoms with E-state index in [4.69, 9.17) is 0 Å². The van der Waals surface area contributed by atoms with Gasteiger partial charge in [-0.1, -0.05) is 158 Å². The second-order valence-electron chi connectivity index (χ2n) is 16.6. The quantitative estimate of drug-likeness (QED) is 0.134. The standard InChI is InChI=1S/C62H43N3/c1-5-16-44(17-6-1)45-30-35-53(36-31-45)64(56-25-15-24-55(42-56)63(50-18-7-2-8-19-50)51-20-9-3-10-21-51)54-37-32-46(33-38-54)47-34-39-57-48(40-47)28-29-49-41-60-58-26-13-14-27-61(58)65(62(60)43-59(49)57)52-22-11-4-12-23-52/h1-43H. The number of rotatable bonds is 9. The molecule has 65 heavy (non-hydrogen) atoms. The minimum absolute atomic E-state index is 1.07. The fraction of sp³-hybridized carbons (Fsp3) is 0. The molecule has 0 saturated carbocycles. The van der Waals surface area contributed by atoms with Crippen LogP contribution in [0.1, 0.15) is 0 Å². The van der Waals surface area contributed by atoms with Crippen molar-refractivity contribution in [2.45, 2.75) is 0 Å². The van der Waals surface area contributed by atoms with E-state index in [0.29, 0.717) is 0 Å². The second kappa shape index (κ2) is 16.2. The fourth-order valence-corrected chi connectivity index (χ4v) is 9.62. The van der Waals surface area contributed by atoms with Crippen LogP contribution in [0.25, 0.3) is 71.3 Å². The SMILES string of the molecule is c1ccc(-c2ccc(N(c3ccc(-c4ccc5c(ccc6cc7c8ccccc8n(-c8ccccc8)c7cc65)c4)cc3)c3cccc(N(c4ccccc4)c4ccccc4)c3)cc2)cc1. The predicted octanol–water partition coefficient (Wildman–Crippen LogP) is 17.4. The van der Waals surface area contributed by atoms with E-state index >= 15 is 0 Å². The molecule has 0 aliphatic carbocycles. The maximum atomic E-state index is 2.40. The van der Waals surface area contributed by atoms with Crippen molar-refractivity contribution in [3.8, 4) is 27.9 Å². The van der Waals surface area contributed by atoms with Crippen LogP contribution in [0, 0.1) is 0 Å². The topological polar surface area (TPSA) is 11.4 Å². The van der Waals surface area contributed by atoms with Gasteiger partial charge in [-0.25, -0.2) is 0 Å². The zero-order valence-corrected chi connectivity index (χ0v) is 35.7. The highest BCUT2D eigenvalue weighted by atomic mass is 15.2. The number of benzene rings is 11. The summed E-state index contributed by atoms with van der Waals surface area (Å²) in [7, 11) is 0. The highest BCUT2D eigenvalue weighted by Crippen LogP contribution is 2.42. The molecule has 12 rings (SSSR count). The summed E-state index contributed by atoms with van der Waals surface area (Å²) < 4.78 is 2.40. The Morgan fingerprint density at radius 2 is 0.692 bits per heavy atom. The molecule has 3 heteroatoms. The van der Waals surface area contributed by atoms with E-state index in [1.165, 1.54) is 71.3 Å². The lowest BCUT2D eigenvalue weighted by atomic mass is 9.96. The third-order valence-electron chi connectivity index (χ3n) is 12.7. The van der Waals surface area contributed by atoms with Crippen molar-refractivity contribution in [1.29, 1.82) is 0 Å². The molecule has 0 N–H and O–H groups in total. The Morgan fingerprint density at radius 1 is 0.231 bits per heavy atom. The van der Waals surface area contributed by atoms with Crippen LogP contribution in [0.15, 0.2) is 261 Å². The van der Waals surface area contributed by atoms with Gasteiger partial charge >= 0.3 is 0 Å². The number of hydrogen-bond donors (Lipinski definition) is 0. The molecule has 11 aromatic carbocycles. The highest BCUT2D eigenvalue weighted by molar-refractivity contribution is 6.18. The van der Waals surface area contributed by atoms with Crippen molar-refractivity contribution in [3.63, 3.8) is 0 Å². The molecule has 0 radical (unpaired) electrons. The van der Waals surface area contributed by atoms with Gasteiger partial charge in [-0.05, 0) is 147 Å². The maximum Gasteiger partial charge on any atom is 0.0547 e. The lowest BCUT2D eigenvalue weighted by Gasteiger charge is -2.29. The molecule has 0 aliphatic heterocycles. The summed E-state index contributed by atoms with van der Waals surface area (Å²) in [5.41, 5.74) is 14.9. The van der Waals surface area contributed by atoms with Gasteiger partial charge in [0.15, 0.2) is 0 Å². The van der Waals surface area contributed by atoms with Gasteiger partial charge in [-0.3, -0.25) is 0 Å². The largest absolute Gasteiger partial charge is 0.310 e. The van der Waals surface area contributed by atoms with E-state index < -0.39 is 0 Å².